The molecule has 0 aliphatic carbocycles. The van der Waals surface area contributed by atoms with E-state index in [2.05, 4.69) is 32.6 Å². The summed E-state index contributed by atoms with van der Waals surface area (Å²) in [4.78, 5) is 4.18. The summed E-state index contributed by atoms with van der Waals surface area (Å²) >= 11 is 0. The van der Waals surface area contributed by atoms with Gasteiger partial charge < -0.3 is 10.1 Å². The standard InChI is InChI=1S/C19H19FN4O/c20-15-6-7-18-16(10-15)17(5-2-8-25-18)21-11-13-3-1-4-14(9-13)19-22-12-23-24-19/h1,3-4,6-7,9-10,12,17,21H,2,5,8,11H2,(H,22,23,24)/t17-/m0/s1. The van der Waals surface area contributed by atoms with E-state index >= 15 is 0 Å². The van der Waals surface area contributed by atoms with Crippen LogP contribution in [0, 0.1) is 5.82 Å². The van der Waals surface area contributed by atoms with E-state index in [4.69, 9.17) is 4.74 Å². The molecule has 0 saturated carbocycles. The number of hydrogen-bond donors (Lipinski definition) is 2. The van der Waals surface area contributed by atoms with Crippen LogP contribution in [0.1, 0.15) is 30.0 Å². The Labute approximate surface area is 145 Å². The molecule has 0 saturated heterocycles. The van der Waals surface area contributed by atoms with Crippen LogP contribution in [0.25, 0.3) is 11.4 Å². The van der Waals surface area contributed by atoms with Crippen LogP contribution in [0.15, 0.2) is 48.8 Å². The molecule has 0 amide bonds. The molecule has 0 radical (unpaired) electrons. The Morgan fingerprint density at radius 3 is 3.08 bits per heavy atom. The first-order chi connectivity index (χ1) is 12.3. The molecule has 0 fully saturated rings. The second-order valence-electron chi connectivity index (χ2n) is 6.14. The number of H-pyrrole nitrogens is 1. The van der Waals surface area contributed by atoms with E-state index < -0.39 is 0 Å². The smallest absolute Gasteiger partial charge is 0.155 e. The third-order valence-electron chi connectivity index (χ3n) is 4.41. The molecule has 128 valence electrons. The molecule has 5 nitrogen and oxygen atoms in total. The third-order valence-corrected chi connectivity index (χ3v) is 4.41. The number of rotatable bonds is 4. The van der Waals surface area contributed by atoms with Crippen molar-refractivity contribution in [1.29, 1.82) is 0 Å². The van der Waals surface area contributed by atoms with Gasteiger partial charge in [0.2, 0.25) is 0 Å². The van der Waals surface area contributed by atoms with E-state index in [0.29, 0.717) is 13.2 Å². The normalized spacial score (nSPS) is 16.8. The fourth-order valence-electron chi connectivity index (χ4n) is 3.17. The summed E-state index contributed by atoms with van der Waals surface area (Å²) in [5.74, 6) is 1.28. The number of fused-ring (bicyclic) bond motifs is 1. The number of benzene rings is 2. The quantitative estimate of drug-likeness (QED) is 0.763. The molecule has 1 aromatic heterocycles. The summed E-state index contributed by atoms with van der Waals surface area (Å²) < 4.78 is 19.4. The van der Waals surface area contributed by atoms with Crippen molar-refractivity contribution in [2.24, 2.45) is 0 Å². The molecule has 0 unspecified atom stereocenters. The number of aromatic amines is 1. The maximum Gasteiger partial charge on any atom is 0.155 e. The van der Waals surface area contributed by atoms with Crippen LogP contribution in [-0.2, 0) is 6.54 Å². The maximum absolute atomic E-state index is 13.7. The fraction of sp³-hybridized carbons (Fsp3) is 0.263. The molecule has 4 rings (SSSR count). The van der Waals surface area contributed by atoms with Crippen LogP contribution in [0.3, 0.4) is 0 Å². The molecular formula is C19H19FN4O. The van der Waals surface area contributed by atoms with Crippen LogP contribution in [0.4, 0.5) is 4.39 Å². The van der Waals surface area contributed by atoms with Gasteiger partial charge in [-0.3, -0.25) is 5.10 Å². The topological polar surface area (TPSA) is 62.8 Å². The van der Waals surface area contributed by atoms with Crippen LogP contribution in [-0.4, -0.2) is 21.8 Å². The average molecular weight is 338 g/mol. The van der Waals surface area contributed by atoms with Gasteiger partial charge in [0.05, 0.1) is 6.61 Å². The minimum Gasteiger partial charge on any atom is -0.493 e. The lowest BCUT2D eigenvalue weighted by Crippen LogP contribution is -2.20. The predicted molar refractivity (Wildman–Crippen MR) is 92.5 cm³/mol. The van der Waals surface area contributed by atoms with Gasteiger partial charge in [0, 0.05) is 23.7 Å². The largest absolute Gasteiger partial charge is 0.493 e. The lowest BCUT2D eigenvalue weighted by molar-refractivity contribution is 0.315. The monoisotopic (exact) mass is 338 g/mol. The summed E-state index contributed by atoms with van der Waals surface area (Å²) in [5.41, 5.74) is 3.02. The zero-order valence-corrected chi connectivity index (χ0v) is 13.7. The molecule has 2 heterocycles. The van der Waals surface area contributed by atoms with E-state index in [1.807, 2.05) is 12.1 Å². The number of hydrogen-bond acceptors (Lipinski definition) is 4. The first-order valence-electron chi connectivity index (χ1n) is 8.40. The molecule has 2 aromatic carbocycles. The fourth-order valence-corrected chi connectivity index (χ4v) is 3.17. The molecule has 3 aromatic rings. The Bertz CT molecular complexity index is 850. The molecule has 1 aliphatic rings. The third kappa shape index (κ3) is 3.53. The van der Waals surface area contributed by atoms with Crippen LogP contribution >= 0.6 is 0 Å². The Morgan fingerprint density at radius 2 is 2.20 bits per heavy atom. The van der Waals surface area contributed by atoms with E-state index in [9.17, 15) is 4.39 Å². The highest BCUT2D eigenvalue weighted by Crippen LogP contribution is 2.32. The second kappa shape index (κ2) is 7.03. The molecule has 6 heteroatoms. The Kier molecular flexibility index (Phi) is 4.43. The van der Waals surface area contributed by atoms with Crippen molar-refractivity contribution in [2.75, 3.05) is 6.61 Å². The first kappa shape index (κ1) is 15.8. The SMILES string of the molecule is Fc1ccc2c(c1)[C@@H](NCc1cccc(-c3ncn[nH]3)c1)CCCO2. The lowest BCUT2D eigenvalue weighted by atomic mass is 10.0. The van der Waals surface area contributed by atoms with Gasteiger partial charge in [-0.25, -0.2) is 9.37 Å². The van der Waals surface area contributed by atoms with Crippen molar-refractivity contribution in [3.63, 3.8) is 0 Å². The molecule has 0 bridgehead atoms. The molecule has 2 N–H and O–H groups in total. The van der Waals surface area contributed by atoms with E-state index in [1.165, 1.54) is 12.4 Å². The van der Waals surface area contributed by atoms with Gasteiger partial charge in [0.1, 0.15) is 17.9 Å². The molecule has 25 heavy (non-hydrogen) atoms. The second-order valence-corrected chi connectivity index (χ2v) is 6.14. The van der Waals surface area contributed by atoms with E-state index in [0.717, 1.165) is 41.1 Å². The molecule has 0 spiro atoms. The van der Waals surface area contributed by atoms with Gasteiger partial charge >= 0.3 is 0 Å². The summed E-state index contributed by atoms with van der Waals surface area (Å²) in [6, 6.07) is 12.9. The zero-order valence-electron chi connectivity index (χ0n) is 13.7. The van der Waals surface area contributed by atoms with Gasteiger partial charge in [-0.05, 0) is 42.7 Å². The van der Waals surface area contributed by atoms with Gasteiger partial charge in [-0.2, -0.15) is 5.10 Å². The van der Waals surface area contributed by atoms with Gasteiger partial charge in [-0.1, -0.05) is 18.2 Å². The van der Waals surface area contributed by atoms with E-state index in [-0.39, 0.29) is 11.9 Å². The number of nitrogens with one attached hydrogen (secondary N) is 2. The highest BCUT2D eigenvalue weighted by Gasteiger charge is 2.20. The van der Waals surface area contributed by atoms with Crippen molar-refractivity contribution >= 4 is 0 Å². The van der Waals surface area contributed by atoms with Gasteiger partial charge in [-0.15, -0.1) is 0 Å². The Morgan fingerprint density at radius 1 is 1.24 bits per heavy atom. The maximum atomic E-state index is 13.7. The van der Waals surface area contributed by atoms with Crippen molar-refractivity contribution in [2.45, 2.75) is 25.4 Å². The van der Waals surface area contributed by atoms with Crippen LogP contribution < -0.4 is 10.1 Å². The number of aromatic nitrogens is 3. The van der Waals surface area contributed by atoms with Crippen molar-refractivity contribution < 1.29 is 9.13 Å². The minimum atomic E-state index is -0.233. The van der Waals surface area contributed by atoms with E-state index in [1.54, 1.807) is 12.1 Å². The summed E-state index contributed by atoms with van der Waals surface area (Å²) in [7, 11) is 0. The van der Waals surface area contributed by atoms with Gasteiger partial charge in [0.15, 0.2) is 5.82 Å². The van der Waals surface area contributed by atoms with Crippen molar-refractivity contribution in [3.8, 4) is 17.1 Å². The molecule has 1 aliphatic heterocycles. The summed E-state index contributed by atoms with van der Waals surface area (Å²) in [6.07, 6.45) is 3.35. The summed E-state index contributed by atoms with van der Waals surface area (Å²) in [5, 5.41) is 10.3. The molecule has 1 atom stereocenters. The highest BCUT2D eigenvalue weighted by atomic mass is 19.1. The Hall–Kier alpha value is -2.73. The minimum absolute atomic E-state index is 0.0714. The number of ether oxygens (including phenoxy) is 1. The Balaban J connectivity index is 1.52. The average Bonchev–Trinajstić information content (AvgIpc) is 3.10. The van der Waals surface area contributed by atoms with Crippen molar-refractivity contribution in [3.05, 3.63) is 65.7 Å². The predicted octanol–water partition coefficient (Wildman–Crippen LogP) is 3.61. The van der Waals surface area contributed by atoms with Crippen molar-refractivity contribution in [1.82, 2.24) is 20.5 Å². The van der Waals surface area contributed by atoms with Crippen LogP contribution in [0.2, 0.25) is 0 Å². The zero-order chi connectivity index (χ0) is 17.1. The first-order valence-corrected chi connectivity index (χ1v) is 8.40. The lowest BCUT2D eigenvalue weighted by Gasteiger charge is -2.18. The number of halogens is 1. The number of nitrogens with zero attached hydrogens (tertiary/aromatic N) is 2. The molecular weight excluding hydrogens is 319 g/mol. The van der Waals surface area contributed by atoms with Gasteiger partial charge in [0.25, 0.3) is 0 Å². The summed E-state index contributed by atoms with van der Waals surface area (Å²) in [6.45, 7) is 1.35. The van der Waals surface area contributed by atoms with Crippen LogP contribution in [0.5, 0.6) is 5.75 Å². The highest BCUT2D eigenvalue weighted by molar-refractivity contribution is 5.55.